The number of likely N-dealkylation sites (N-methyl/N-ethyl adjacent to an activating group) is 1. The highest BCUT2D eigenvalue weighted by Gasteiger charge is 2.20. The van der Waals surface area contributed by atoms with E-state index in [1.165, 1.54) is 18.3 Å². The molecule has 0 saturated carbocycles. The molecule has 0 amide bonds. The first-order chi connectivity index (χ1) is 17.9. The Kier molecular flexibility index (Phi) is 8.58. The van der Waals surface area contributed by atoms with Crippen molar-refractivity contribution in [1.29, 1.82) is 0 Å². The van der Waals surface area contributed by atoms with Crippen LogP contribution < -0.4 is 20.3 Å². The Morgan fingerprint density at radius 2 is 1.97 bits per heavy atom. The molecule has 1 aromatic heterocycles. The summed E-state index contributed by atoms with van der Waals surface area (Å²) in [5.74, 6) is 0.745. The largest absolute Gasteiger partial charge is 0.494 e. The molecule has 2 heterocycles. The molecule has 194 valence electrons. The molecule has 10 heteroatoms. The molecule has 0 aliphatic carbocycles. The summed E-state index contributed by atoms with van der Waals surface area (Å²) in [6, 6.07) is 10.8. The van der Waals surface area contributed by atoms with Gasteiger partial charge in [-0.2, -0.15) is 4.98 Å². The van der Waals surface area contributed by atoms with E-state index in [-0.39, 0.29) is 17.5 Å². The number of allylic oxidation sites excluding steroid dienone is 1. The van der Waals surface area contributed by atoms with E-state index in [0.717, 1.165) is 37.3 Å². The topological polar surface area (TPSA) is 82.6 Å². The summed E-state index contributed by atoms with van der Waals surface area (Å²) < 4.78 is 20.6. The first-order valence-electron chi connectivity index (χ1n) is 11.9. The first kappa shape index (κ1) is 26.4. The lowest BCUT2D eigenvalue weighted by Crippen LogP contribution is -2.44. The molecule has 0 atom stereocenters. The van der Waals surface area contributed by atoms with Crippen LogP contribution in [0, 0.1) is 5.82 Å². The fourth-order valence-corrected chi connectivity index (χ4v) is 4.24. The second-order valence-corrected chi connectivity index (χ2v) is 9.24. The average molecular weight is 525 g/mol. The lowest BCUT2D eigenvalue weighted by molar-refractivity contribution is -0.114. The van der Waals surface area contributed by atoms with Gasteiger partial charge in [-0.15, -0.1) is 0 Å². The fraction of sp³-hybridized carbons (Fsp3) is 0.296. The number of nitrogens with zero attached hydrogens (tertiary/aromatic N) is 4. The summed E-state index contributed by atoms with van der Waals surface area (Å²) in [7, 11) is 3.60. The molecular weight excluding hydrogens is 495 g/mol. The van der Waals surface area contributed by atoms with Crippen LogP contribution in [0.4, 0.5) is 27.5 Å². The molecule has 1 saturated heterocycles. The predicted molar refractivity (Wildman–Crippen MR) is 146 cm³/mol. The summed E-state index contributed by atoms with van der Waals surface area (Å²) in [4.78, 5) is 24.6. The van der Waals surface area contributed by atoms with Gasteiger partial charge in [-0.05, 0) is 24.3 Å². The van der Waals surface area contributed by atoms with Crippen molar-refractivity contribution in [3.05, 3.63) is 77.2 Å². The smallest absolute Gasteiger partial charge is 0.229 e. The minimum atomic E-state index is -0.352. The van der Waals surface area contributed by atoms with E-state index in [9.17, 15) is 4.79 Å². The number of rotatable bonds is 10. The zero-order valence-electron chi connectivity index (χ0n) is 20.9. The van der Waals surface area contributed by atoms with Crippen LogP contribution >= 0.6 is 11.6 Å². The number of methoxy groups -OCH3 is 1. The van der Waals surface area contributed by atoms with Crippen LogP contribution in [0.15, 0.2) is 55.3 Å². The molecule has 8 nitrogen and oxygen atoms in total. The van der Waals surface area contributed by atoms with Gasteiger partial charge in [0.05, 0.1) is 24.7 Å². The number of hydrogen-bond donors (Lipinski definition) is 2. The van der Waals surface area contributed by atoms with E-state index >= 15 is 4.39 Å². The minimum Gasteiger partial charge on any atom is -0.494 e. The SMILES string of the molecule is C=CC(=O)Cc1cccc(CNc2nc(Nc3cc(F)c(N4CCN(C)CC4)cc3OC)ncc2Cl)c1. The van der Waals surface area contributed by atoms with Gasteiger partial charge >= 0.3 is 0 Å². The van der Waals surface area contributed by atoms with E-state index in [1.54, 1.807) is 13.2 Å². The van der Waals surface area contributed by atoms with Gasteiger partial charge in [0.1, 0.15) is 16.6 Å². The normalized spacial score (nSPS) is 13.8. The van der Waals surface area contributed by atoms with Crippen molar-refractivity contribution in [2.24, 2.45) is 0 Å². The highest BCUT2D eigenvalue weighted by molar-refractivity contribution is 6.32. The molecule has 37 heavy (non-hydrogen) atoms. The lowest BCUT2D eigenvalue weighted by atomic mass is 10.1. The maximum atomic E-state index is 15.1. The third-order valence-electron chi connectivity index (χ3n) is 6.16. The Labute approximate surface area is 221 Å². The van der Waals surface area contributed by atoms with Crippen LogP contribution in [0.3, 0.4) is 0 Å². The molecule has 4 rings (SSSR count). The zero-order chi connectivity index (χ0) is 26.4. The number of piperazine rings is 1. The van der Waals surface area contributed by atoms with Crippen molar-refractivity contribution >= 4 is 40.5 Å². The Morgan fingerprint density at radius 1 is 1.22 bits per heavy atom. The van der Waals surface area contributed by atoms with Crippen molar-refractivity contribution in [3.63, 3.8) is 0 Å². The summed E-state index contributed by atoms with van der Waals surface area (Å²) in [5.41, 5.74) is 2.77. The molecule has 0 radical (unpaired) electrons. The van der Waals surface area contributed by atoms with Crippen molar-refractivity contribution in [3.8, 4) is 5.75 Å². The number of anilines is 4. The molecule has 3 aromatic rings. The Morgan fingerprint density at radius 3 is 2.70 bits per heavy atom. The fourth-order valence-electron chi connectivity index (χ4n) is 4.08. The van der Waals surface area contributed by atoms with Crippen LogP contribution in [-0.4, -0.2) is 61.0 Å². The number of halogens is 2. The minimum absolute atomic E-state index is 0.0388. The number of carbonyl (C=O) groups excluding carboxylic acids is 1. The summed E-state index contributed by atoms with van der Waals surface area (Å²) in [6.45, 7) is 7.17. The Hall–Kier alpha value is -3.69. The van der Waals surface area contributed by atoms with Crippen molar-refractivity contribution in [1.82, 2.24) is 14.9 Å². The van der Waals surface area contributed by atoms with E-state index in [1.807, 2.05) is 29.2 Å². The number of nitrogens with one attached hydrogen (secondary N) is 2. The second kappa shape index (κ2) is 12.0. The summed E-state index contributed by atoms with van der Waals surface area (Å²) in [5, 5.41) is 6.59. The number of aromatic nitrogens is 2. The number of benzene rings is 2. The quantitative estimate of drug-likeness (QED) is 0.370. The van der Waals surface area contributed by atoms with Crippen LogP contribution in [0.25, 0.3) is 0 Å². The zero-order valence-corrected chi connectivity index (χ0v) is 21.7. The Bertz CT molecular complexity index is 1280. The van der Waals surface area contributed by atoms with Gasteiger partial charge in [-0.1, -0.05) is 42.4 Å². The van der Waals surface area contributed by atoms with Crippen molar-refractivity contribution < 1.29 is 13.9 Å². The second-order valence-electron chi connectivity index (χ2n) is 8.83. The van der Waals surface area contributed by atoms with Gasteiger partial charge < -0.3 is 25.2 Å². The molecule has 1 aliphatic heterocycles. The van der Waals surface area contributed by atoms with Gasteiger partial charge in [0, 0.05) is 51.3 Å². The molecule has 0 unspecified atom stereocenters. The van der Waals surface area contributed by atoms with Crippen molar-refractivity contribution in [2.75, 3.05) is 55.9 Å². The van der Waals surface area contributed by atoms with Crippen molar-refractivity contribution in [2.45, 2.75) is 13.0 Å². The van der Waals surface area contributed by atoms with Crippen LogP contribution in [0.1, 0.15) is 11.1 Å². The van der Waals surface area contributed by atoms with Gasteiger partial charge in [-0.25, -0.2) is 9.37 Å². The molecule has 0 spiro atoms. The monoisotopic (exact) mass is 524 g/mol. The van der Waals surface area contributed by atoms with Gasteiger partial charge in [0.25, 0.3) is 0 Å². The highest BCUT2D eigenvalue weighted by atomic mass is 35.5. The first-order valence-corrected chi connectivity index (χ1v) is 12.3. The standard InChI is InChI=1S/C27H30ClFN6O2/c1-4-20(36)13-18-6-5-7-19(12-18)16-30-26-21(28)17-31-27(33-26)32-23-14-22(29)24(15-25(23)37-3)35-10-8-34(2)9-11-35/h4-7,12,14-15,17H,1,8-11,13,16H2,2-3H3,(H2,30,31,32,33). The summed E-state index contributed by atoms with van der Waals surface area (Å²) in [6.07, 6.45) is 3.09. The lowest BCUT2D eigenvalue weighted by Gasteiger charge is -2.34. The number of hydrogen-bond acceptors (Lipinski definition) is 8. The maximum absolute atomic E-state index is 15.1. The molecule has 2 aromatic carbocycles. The van der Waals surface area contributed by atoms with Crippen LogP contribution in [-0.2, 0) is 17.8 Å². The third-order valence-corrected chi connectivity index (χ3v) is 6.44. The van der Waals surface area contributed by atoms with Crippen LogP contribution in [0.5, 0.6) is 5.75 Å². The van der Waals surface area contributed by atoms with Gasteiger partial charge in [0.15, 0.2) is 11.6 Å². The van der Waals surface area contributed by atoms with E-state index in [2.05, 4.69) is 39.1 Å². The summed E-state index contributed by atoms with van der Waals surface area (Å²) >= 11 is 6.32. The number of ether oxygens (including phenoxy) is 1. The predicted octanol–water partition coefficient (Wildman–Crippen LogP) is 4.68. The van der Waals surface area contributed by atoms with E-state index in [0.29, 0.717) is 40.9 Å². The molecule has 1 fully saturated rings. The average Bonchev–Trinajstić information content (AvgIpc) is 2.90. The van der Waals surface area contributed by atoms with Crippen LogP contribution in [0.2, 0.25) is 5.02 Å². The Balaban J connectivity index is 1.48. The van der Waals surface area contributed by atoms with E-state index < -0.39 is 0 Å². The van der Waals surface area contributed by atoms with Gasteiger partial charge in [0.2, 0.25) is 5.95 Å². The molecule has 1 aliphatic rings. The number of carbonyl (C=O) groups is 1. The molecule has 2 N–H and O–H groups in total. The molecular formula is C27H30ClFN6O2. The molecule has 0 bridgehead atoms. The maximum Gasteiger partial charge on any atom is 0.229 e. The number of ketones is 1. The van der Waals surface area contributed by atoms with E-state index in [4.69, 9.17) is 16.3 Å². The van der Waals surface area contributed by atoms with Gasteiger partial charge in [-0.3, -0.25) is 4.79 Å². The highest BCUT2D eigenvalue weighted by Crippen LogP contribution is 2.35. The third kappa shape index (κ3) is 6.75.